The van der Waals surface area contributed by atoms with Crippen molar-refractivity contribution in [2.45, 2.75) is 6.43 Å². The molecule has 1 rings (SSSR count). The highest BCUT2D eigenvalue weighted by Crippen LogP contribution is 2.06. The quantitative estimate of drug-likeness (QED) is 0.788. The van der Waals surface area contributed by atoms with Crippen LogP contribution in [-0.2, 0) is 4.79 Å². The maximum Gasteiger partial charge on any atom is 0.328 e. The van der Waals surface area contributed by atoms with Gasteiger partial charge in [-0.1, -0.05) is 12.1 Å². The SMILES string of the molecule is O=C(O)/C=C/c1ccc(C(=O)NCC(F)F)cc1. The van der Waals surface area contributed by atoms with E-state index >= 15 is 0 Å². The summed E-state index contributed by atoms with van der Waals surface area (Å²) in [4.78, 5) is 21.6. The minimum absolute atomic E-state index is 0.239. The van der Waals surface area contributed by atoms with Gasteiger partial charge in [0, 0.05) is 11.6 Å². The van der Waals surface area contributed by atoms with Gasteiger partial charge in [0.1, 0.15) is 0 Å². The summed E-state index contributed by atoms with van der Waals surface area (Å²) in [5, 5.41) is 10.5. The van der Waals surface area contributed by atoms with Gasteiger partial charge in [-0.15, -0.1) is 0 Å². The highest BCUT2D eigenvalue weighted by Gasteiger charge is 2.08. The molecule has 4 nitrogen and oxygen atoms in total. The van der Waals surface area contributed by atoms with Gasteiger partial charge in [-0.05, 0) is 23.8 Å². The topological polar surface area (TPSA) is 66.4 Å². The first-order valence-corrected chi connectivity index (χ1v) is 5.06. The fourth-order valence-corrected chi connectivity index (χ4v) is 1.19. The number of aliphatic carboxylic acids is 1. The van der Waals surface area contributed by atoms with Gasteiger partial charge in [-0.25, -0.2) is 13.6 Å². The van der Waals surface area contributed by atoms with Crippen LogP contribution in [0.1, 0.15) is 15.9 Å². The second kappa shape index (κ2) is 6.48. The summed E-state index contributed by atoms with van der Waals surface area (Å²) < 4.78 is 23.7. The van der Waals surface area contributed by atoms with Crippen LogP contribution >= 0.6 is 0 Å². The number of carboxylic acid groups (broad SMARTS) is 1. The van der Waals surface area contributed by atoms with E-state index in [-0.39, 0.29) is 5.56 Å². The normalized spacial score (nSPS) is 10.8. The van der Waals surface area contributed by atoms with Gasteiger partial charge in [0.2, 0.25) is 0 Å². The van der Waals surface area contributed by atoms with E-state index in [0.717, 1.165) is 6.08 Å². The molecule has 1 aromatic rings. The highest BCUT2D eigenvalue weighted by molar-refractivity contribution is 5.94. The van der Waals surface area contributed by atoms with Crippen molar-refractivity contribution >= 4 is 18.0 Å². The second-order valence-corrected chi connectivity index (χ2v) is 3.39. The van der Waals surface area contributed by atoms with E-state index in [1.54, 1.807) is 0 Å². The smallest absolute Gasteiger partial charge is 0.328 e. The third kappa shape index (κ3) is 4.73. The van der Waals surface area contributed by atoms with Crippen molar-refractivity contribution in [2.75, 3.05) is 6.54 Å². The Morgan fingerprint density at radius 1 is 1.28 bits per heavy atom. The number of carbonyl (C=O) groups excluding carboxylic acids is 1. The van der Waals surface area contributed by atoms with Gasteiger partial charge in [-0.3, -0.25) is 4.79 Å². The first kappa shape index (κ1) is 13.8. The molecule has 2 N–H and O–H groups in total. The van der Waals surface area contributed by atoms with Crippen LogP contribution in [0.2, 0.25) is 0 Å². The molecule has 0 saturated heterocycles. The lowest BCUT2D eigenvalue weighted by molar-refractivity contribution is -0.131. The van der Waals surface area contributed by atoms with Crippen molar-refractivity contribution < 1.29 is 23.5 Å². The van der Waals surface area contributed by atoms with Crippen LogP contribution in [0.5, 0.6) is 0 Å². The summed E-state index contributed by atoms with van der Waals surface area (Å²) in [5.41, 5.74) is 0.839. The maximum absolute atomic E-state index is 11.9. The van der Waals surface area contributed by atoms with Crippen LogP contribution in [0.15, 0.2) is 30.3 Å². The molecule has 0 radical (unpaired) electrons. The summed E-state index contributed by atoms with van der Waals surface area (Å²) in [6.07, 6.45) is -0.263. The van der Waals surface area contributed by atoms with Gasteiger partial charge in [0.15, 0.2) is 0 Å². The number of alkyl halides is 2. The summed E-state index contributed by atoms with van der Waals surface area (Å²) >= 11 is 0. The number of hydrogen-bond donors (Lipinski definition) is 2. The second-order valence-electron chi connectivity index (χ2n) is 3.39. The summed E-state index contributed by atoms with van der Waals surface area (Å²) in [6.45, 7) is -0.695. The molecule has 1 amide bonds. The minimum atomic E-state index is -2.59. The third-order valence-electron chi connectivity index (χ3n) is 2.01. The van der Waals surface area contributed by atoms with Gasteiger partial charge in [0.05, 0.1) is 6.54 Å². The fourth-order valence-electron chi connectivity index (χ4n) is 1.19. The minimum Gasteiger partial charge on any atom is -0.478 e. The Labute approximate surface area is 102 Å². The molecule has 0 atom stereocenters. The standard InChI is InChI=1S/C12H11F2NO3/c13-10(14)7-15-12(18)9-4-1-8(2-5-9)3-6-11(16)17/h1-6,10H,7H2,(H,15,18)(H,16,17)/b6-3+. The lowest BCUT2D eigenvalue weighted by Gasteiger charge is -2.04. The molecule has 0 heterocycles. The van der Waals surface area contributed by atoms with Crippen molar-refractivity contribution in [1.29, 1.82) is 0 Å². The summed E-state index contributed by atoms with van der Waals surface area (Å²) in [5.74, 6) is -1.67. The fraction of sp³-hybridized carbons (Fsp3) is 0.167. The Kier molecular flexibility index (Phi) is 4.98. The molecule has 0 aromatic heterocycles. The Bertz CT molecular complexity index is 455. The molecule has 0 fully saturated rings. The summed E-state index contributed by atoms with van der Waals surface area (Å²) in [6, 6.07) is 5.91. The number of nitrogens with one attached hydrogen (secondary N) is 1. The monoisotopic (exact) mass is 255 g/mol. The molecule has 0 aliphatic rings. The Morgan fingerprint density at radius 2 is 1.89 bits per heavy atom. The van der Waals surface area contributed by atoms with Gasteiger partial charge < -0.3 is 10.4 Å². The molecule has 0 bridgehead atoms. The first-order valence-electron chi connectivity index (χ1n) is 5.06. The average Bonchev–Trinajstić information content (AvgIpc) is 2.34. The van der Waals surface area contributed by atoms with Crippen molar-refractivity contribution in [3.8, 4) is 0 Å². The molecule has 1 aromatic carbocycles. The van der Waals surface area contributed by atoms with E-state index in [2.05, 4.69) is 5.32 Å². The van der Waals surface area contributed by atoms with Crippen molar-refractivity contribution in [3.63, 3.8) is 0 Å². The van der Waals surface area contributed by atoms with Crippen LogP contribution in [0.4, 0.5) is 8.78 Å². The molecule has 0 aliphatic carbocycles. The zero-order valence-electron chi connectivity index (χ0n) is 9.27. The van der Waals surface area contributed by atoms with E-state index < -0.39 is 24.8 Å². The molecule has 0 spiro atoms. The lowest BCUT2D eigenvalue weighted by Crippen LogP contribution is -2.28. The predicted octanol–water partition coefficient (Wildman–Crippen LogP) is 1.78. The Morgan fingerprint density at radius 3 is 2.39 bits per heavy atom. The lowest BCUT2D eigenvalue weighted by atomic mass is 10.1. The molecule has 0 aliphatic heterocycles. The number of carbonyl (C=O) groups is 2. The van der Waals surface area contributed by atoms with E-state index in [4.69, 9.17) is 5.11 Å². The maximum atomic E-state index is 11.9. The molecule has 0 saturated carbocycles. The zero-order chi connectivity index (χ0) is 13.5. The number of halogens is 2. The van der Waals surface area contributed by atoms with Crippen LogP contribution in [0.25, 0.3) is 6.08 Å². The number of hydrogen-bond acceptors (Lipinski definition) is 2. The number of carboxylic acids is 1. The molecule has 0 unspecified atom stereocenters. The Hall–Kier alpha value is -2.24. The van der Waals surface area contributed by atoms with E-state index in [1.165, 1.54) is 30.3 Å². The van der Waals surface area contributed by atoms with Crippen molar-refractivity contribution in [1.82, 2.24) is 5.32 Å². The number of benzene rings is 1. The first-order chi connectivity index (χ1) is 8.49. The van der Waals surface area contributed by atoms with Crippen LogP contribution < -0.4 is 5.32 Å². The molecular weight excluding hydrogens is 244 g/mol. The highest BCUT2D eigenvalue weighted by atomic mass is 19.3. The molecule has 96 valence electrons. The van der Waals surface area contributed by atoms with Crippen LogP contribution in [0.3, 0.4) is 0 Å². The zero-order valence-corrected chi connectivity index (χ0v) is 9.27. The van der Waals surface area contributed by atoms with Crippen LogP contribution in [-0.4, -0.2) is 30.0 Å². The number of amides is 1. The number of rotatable bonds is 5. The van der Waals surface area contributed by atoms with E-state index in [9.17, 15) is 18.4 Å². The third-order valence-corrected chi connectivity index (χ3v) is 2.01. The van der Waals surface area contributed by atoms with E-state index in [0.29, 0.717) is 5.56 Å². The molecular formula is C12H11F2NO3. The van der Waals surface area contributed by atoms with E-state index in [1.807, 2.05) is 0 Å². The largest absolute Gasteiger partial charge is 0.478 e. The molecule has 6 heteroatoms. The van der Waals surface area contributed by atoms with Gasteiger partial charge >= 0.3 is 5.97 Å². The molecule has 18 heavy (non-hydrogen) atoms. The van der Waals surface area contributed by atoms with Crippen LogP contribution in [0, 0.1) is 0 Å². The average molecular weight is 255 g/mol. The Balaban J connectivity index is 2.65. The van der Waals surface area contributed by atoms with Crippen molar-refractivity contribution in [3.05, 3.63) is 41.5 Å². The predicted molar refractivity (Wildman–Crippen MR) is 61.4 cm³/mol. The van der Waals surface area contributed by atoms with Crippen molar-refractivity contribution in [2.24, 2.45) is 0 Å². The van der Waals surface area contributed by atoms with Gasteiger partial charge in [-0.2, -0.15) is 0 Å². The van der Waals surface area contributed by atoms with Gasteiger partial charge in [0.25, 0.3) is 12.3 Å². The summed E-state index contributed by atoms with van der Waals surface area (Å²) in [7, 11) is 0.